The first-order chi connectivity index (χ1) is 13.0. The number of esters is 2. The van der Waals surface area contributed by atoms with Crippen molar-refractivity contribution in [2.45, 2.75) is 19.4 Å². The lowest BCUT2D eigenvalue weighted by Crippen LogP contribution is -2.31. The van der Waals surface area contributed by atoms with Crippen LogP contribution in [0.3, 0.4) is 0 Å². The number of methoxy groups -OCH3 is 1. The average Bonchev–Trinajstić information content (AvgIpc) is 2.70. The number of para-hydroxylation sites is 2. The van der Waals surface area contributed by atoms with Crippen LogP contribution >= 0.6 is 0 Å². The van der Waals surface area contributed by atoms with Crippen LogP contribution < -0.4 is 10.1 Å². The van der Waals surface area contributed by atoms with Crippen LogP contribution in [0, 0.1) is 0 Å². The molecule has 0 aliphatic carbocycles. The van der Waals surface area contributed by atoms with Crippen molar-refractivity contribution < 1.29 is 28.6 Å². The quantitative estimate of drug-likeness (QED) is 0.718. The first-order valence-electron chi connectivity index (χ1n) is 8.40. The van der Waals surface area contributed by atoms with Gasteiger partial charge in [0.2, 0.25) is 0 Å². The molecule has 142 valence electrons. The van der Waals surface area contributed by atoms with Crippen molar-refractivity contribution in [1.29, 1.82) is 0 Å². The van der Waals surface area contributed by atoms with Crippen molar-refractivity contribution >= 4 is 23.5 Å². The minimum atomic E-state index is -0.817. The van der Waals surface area contributed by atoms with Crippen LogP contribution in [0.25, 0.3) is 0 Å². The van der Waals surface area contributed by atoms with Crippen LogP contribution in [0.1, 0.15) is 23.7 Å². The van der Waals surface area contributed by atoms with Gasteiger partial charge in [-0.1, -0.05) is 37.3 Å². The van der Waals surface area contributed by atoms with Crippen LogP contribution in [0.4, 0.5) is 5.69 Å². The fourth-order valence-corrected chi connectivity index (χ4v) is 2.26. The lowest BCUT2D eigenvalue weighted by atomic mass is 10.2. The van der Waals surface area contributed by atoms with Crippen LogP contribution in [-0.4, -0.2) is 37.7 Å². The molecule has 0 fully saturated rings. The van der Waals surface area contributed by atoms with Crippen molar-refractivity contribution in [1.82, 2.24) is 0 Å². The van der Waals surface area contributed by atoms with Gasteiger partial charge in [-0.05, 0) is 30.7 Å². The van der Waals surface area contributed by atoms with Crippen molar-refractivity contribution in [3.05, 3.63) is 60.2 Å². The Morgan fingerprint density at radius 1 is 1.00 bits per heavy atom. The molecule has 0 saturated carbocycles. The topological polar surface area (TPSA) is 90.9 Å². The molecule has 2 aromatic rings. The van der Waals surface area contributed by atoms with E-state index in [0.29, 0.717) is 12.2 Å². The highest BCUT2D eigenvalue weighted by molar-refractivity contribution is 6.01. The van der Waals surface area contributed by atoms with E-state index in [-0.39, 0.29) is 11.3 Å². The van der Waals surface area contributed by atoms with Gasteiger partial charge >= 0.3 is 11.9 Å². The molecule has 27 heavy (non-hydrogen) atoms. The fourth-order valence-electron chi connectivity index (χ4n) is 2.26. The molecule has 2 rings (SSSR count). The highest BCUT2D eigenvalue weighted by Gasteiger charge is 2.21. The normalized spacial score (nSPS) is 11.2. The summed E-state index contributed by atoms with van der Waals surface area (Å²) in [5.41, 5.74) is 0.483. The van der Waals surface area contributed by atoms with Gasteiger partial charge in [0, 0.05) is 0 Å². The monoisotopic (exact) mass is 371 g/mol. The molecular weight excluding hydrogens is 350 g/mol. The van der Waals surface area contributed by atoms with E-state index < -0.39 is 30.6 Å². The lowest BCUT2D eigenvalue weighted by molar-refractivity contribution is -0.154. The van der Waals surface area contributed by atoms with E-state index in [4.69, 9.17) is 9.47 Å². The molecule has 0 heterocycles. The predicted octanol–water partition coefficient (Wildman–Crippen LogP) is 2.81. The number of hydrogen-bond donors (Lipinski definition) is 1. The molecule has 0 aliphatic heterocycles. The number of benzene rings is 2. The molecule has 0 radical (unpaired) electrons. The standard InChI is InChI=1S/C20H21NO6/c1-3-17(27-14-9-5-4-6-10-14)20(24)26-13-18(22)21-16-12-8-7-11-15(16)19(23)25-2/h4-12,17H,3,13H2,1-2H3,(H,21,22)/t17-/m0/s1. The van der Waals surface area contributed by atoms with Gasteiger partial charge in [-0.15, -0.1) is 0 Å². The summed E-state index contributed by atoms with van der Waals surface area (Å²) < 4.78 is 15.3. The minimum Gasteiger partial charge on any atom is -0.479 e. The SMILES string of the molecule is CC[C@H](Oc1ccccc1)C(=O)OCC(=O)Nc1ccccc1C(=O)OC. The van der Waals surface area contributed by atoms with Gasteiger partial charge in [0.25, 0.3) is 5.91 Å². The molecule has 0 aliphatic rings. The number of rotatable bonds is 8. The average molecular weight is 371 g/mol. The molecular formula is C20H21NO6. The van der Waals surface area contributed by atoms with E-state index in [9.17, 15) is 14.4 Å². The lowest BCUT2D eigenvalue weighted by Gasteiger charge is -2.16. The molecule has 0 aromatic heterocycles. The van der Waals surface area contributed by atoms with Gasteiger partial charge in [-0.2, -0.15) is 0 Å². The second-order valence-corrected chi connectivity index (χ2v) is 5.52. The Balaban J connectivity index is 1.91. The molecule has 1 amide bonds. The molecule has 0 spiro atoms. The van der Waals surface area contributed by atoms with Crippen molar-refractivity contribution in [2.75, 3.05) is 19.0 Å². The van der Waals surface area contributed by atoms with Crippen LogP contribution in [0.5, 0.6) is 5.75 Å². The van der Waals surface area contributed by atoms with Crippen molar-refractivity contribution in [3.8, 4) is 5.75 Å². The zero-order valence-corrected chi connectivity index (χ0v) is 15.1. The van der Waals surface area contributed by atoms with Crippen LogP contribution in [0.15, 0.2) is 54.6 Å². The Labute approximate surface area is 157 Å². The third-order valence-electron chi connectivity index (χ3n) is 3.61. The Morgan fingerprint density at radius 2 is 1.67 bits per heavy atom. The maximum absolute atomic E-state index is 12.2. The van der Waals surface area contributed by atoms with E-state index in [1.54, 1.807) is 49.4 Å². The number of carbonyl (C=O) groups is 3. The van der Waals surface area contributed by atoms with E-state index in [1.165, 1.54) is 13.2 Å². The van der Waals surface area contributed by atoms with Gasteiger partial charge in [0.15, 0.2) is 12.7 Å². The summed E-state index contributed by atoms with van der Waals surface area (Å²) in [4.78, 5) is 35.9. The summed E-state index contributed by atoms with van der Waals surface area (Å²) >= 11 is 0. The Bertz CT molecular complexity index is 790. The number of amides is 1. The smallest absolute Gasteiger partial charge is 0.347 e. The number of ether oxygens (including phenoxy) is 3. The second kappa shape index (κ2) is 9.96. The highest BCUT2D eigenvalue weighted by atomic mass is 16.6. The summed E-state index contributed by atoms with van der Waals surface area (Å²) in [7, 11) is 1.25. The van der Waals surface area contributed by atoms with Crippen molar-refractivity contribution in [3.63, 3.8) is 0 Å². The Kier molecular flexibility index (Phi) is 7.37. The third-order valence-corrected chi connectivity index (χ3v) is 3.61. The van der Waals surface area contributed by atoms with Gasteiger partial charge in [0.05, 0.1) is 18.4 Å². The summed E-state index contributed by atoms with van der Waals surface area (Å²) in [5, 5.41) is 2.53. The fraction of sp³-hybridized carbons (Fsp3) is 0.250. The molecule has 1 N–H and O–H groups in total. The molecule has 0 bridgehead atoms. The maximum Gasteiger partial charge on any atom is 0.347 e. The van der Waals surface area contributed by atoms with E-state index >= 15 is 0 Å². The number of carbonyl (C=O) groups excluding carboxylic acids is 3. The number of anilines is 1. The third kappa shape index (κ3) is 5.85. The van der Waals surface area contributed by atoms with E-state index in [0.717, 1.165) is 0 Å². The van der Waals surface area contributed by atoms with Crippen LogP contribution in [-0.2, 0) is 19.1 Å². The van der Waals surface area contributed by atoms with Gasteiger partial charge < -0.3 is 19.5 Å². The maximum atomic E-state index is 12.2. The molecule has 1 atom stereocenters. The summed E-state index contributed by atoms with van der Waals surface area (Å²) in [6.45, 7) is 1.28. The summed E-state index contributed by atoms with van der Waals surface area (Å²) in [5.74, 6) is -1.25. The minimum absolute atomic E-state index is 0.207. The van der Waals surface area contributed by atoms with E-state index in [2.05, 4.69) is 10.1 Å². The first kappa shape index (κ1) is 20.0. The molecule has 0 saturated heterocycles. The van der Waals surface area contributed by atoms with Gasteiger partial charge in [-0.25, -0.2) is 9.59 Å². The molecule has 2 aromatic carbocycles. The molecule has 0 unspecified atom stereocenters. The zero-order valence-electron chi connectivity index (χ0n) is 15.1. The predicted molar refractivity (Wildman–Crippen MR) is 98.5 cm³/mol. The zero-order chi connectivity index (χ0) is 19.6. The van der Waals surface area contributed by atoms with Gasteiger partial charge in [0.1, 0.15) is 5.75 Å². The summed E-state index contributed by atoms with van der Waals surface area (Å²) in [6.07, 6.45) is -0.428. The van der Waals surface area contributed by atoms with Gasteiger partial charge in [-0.3, -0.25) is 4.79 Å². The number of nitrogens with one attached hydrogen (secondary N) is 1. The second-order valence-electron chi connectivity index (χ2n) is 5.52. The molecule has 7 heteroatoms. The number of hydrogen-bond acceptors (Lipinski definition) is 6. The molecule has 7 nitrogen and oxygen atoms in total. The van der Waals surface area contributed by atoms with Crippen molar-refractivity contribution in [2.24, 2.45) is 0 Å². The summed E-state index contributed by atoms with van der Waals surface area (Å²) in [6, 6.07) is 15.3. The Morgan fingerprint density at radius 3 is 2.33 bits per heavy atom. The Hall–Kier alpha value is -3.35. The van der Waals surface area contributed by atoms with Crippen LogP contribution in [0.2, 0.25) is 0 Å². The largest absolute Gasteiger partial charge is 0.479 e. The first-order valence-corrected chi connectivity index (χ1v) is 8.40. The van der Waals surface area contributed by atoms with E-state index in [1.807, 2.05) is 6.07 Å². The highest BCUT2D eigenvalue weighted by Crippen LogP contribution is 2.16.